The van der Waals surface area contributed by atoms with Crippen molar-refractivity contribution in [3.05, 3.63) is 0 Å². The van der Waals surface area contributed by atoms with Gasteiger partial charge in [0.25, 0.3) is 0 Å². The molecule has 1 aliphatic rings. The van der Waals surface area contributed by atoms with Gasteiger partial charge in [0.2, 0.25) is 0 Å². The molecule has 0 bridgehead atoms. The third kappa shape index (κ3) is 3.68. The van der Waals surface area contributed by atoms with E-state index in [-0.39, 0.29) is 5.97 Å². The molecule has 100 valence electrons. The predicted molar refractivity (Wildman–Crippen MR) is 69.0 cm³/mol. The fraction of sp³-hybridized carbons (Fsp3) is 0.923. The van der Waals surface area contributed by atoms with Gasteiger partial charge in [0, 0.05) is 12.6 Å². The highest BCUT2D eigenvalue weighted by Crippen LogP contribution is 2.20. The standard InChI is InChI=1S/C13H26N2O2/c1-5-14-13(3,12(16)17-4)8-10-15-9-6-7-11(15)2/h11,14H,5-10H2,1-4H3. The molecule has 0 aromatic heterocycles. The monoisotopic (exact) mass is 242 g/mol. The van der Waals surface area contributed by atoms with Crippen LogP contribution in [0.25, 0.3) is 0 Å². The van der Waals surface area contributed by atoms with Crippen LogP contribution < -0.4 is 5.32 Å². The maximum atomic E-state index is 11.8. The Labute approximate surface area is 105 Å². The summed E-state index contributed by atoms with van der Waals surface area (Å²) < 4.78 is 4.89. The molecule has 1 N–H and O–H groups in total. The molecule has 0 saturated carbocycles. The number of ether oxygens (including phenoxy) is 1. The number of nitrogens with one attached hydrogen (secondary N) is 1. The Hall–Kier alpha value is -0.610. The molecule has 17 heavy (non-hydrogen) atoms. The van der Waals surface area contributed by atoms with Gasteiger partial charge in [0.1, 0.15) is 5.54 Å². The molecular weight excluding hydrogens is 216 g/mol. The zero-order valence-electron chi connectivity index (χ0n) is 11.6. The van der Waals surface area contributed by atoms with Gasteiger partial charge in [-0.2, -0.15) is 0 Å². The van der Waals surface area contributed by atoms with Crippen molar-refractivity contribution in [2.75, 3.05) is 26.7 Å². The summed E-state index contributed by atoms with van der Waals surface area (Å²) in [6.45, 7) is 9.10. The molecule has 2 atom stereocenters. The zero-order chi connectivity index (χ0) is 12.9. The minimum Gasteiger partial charge on any atom is -0.468 e. The molecule has 1 saturated heterocycles. The Morgan fingerprint density at radius 3 is 2.76 bits per heavy atom. The molecule has 4 heteroatoms. The average molecular weight is 242 g/mol. The summed E-state index contributed by atoms with van der Waals surface area (Å²) in [5.41, 5.74) is -0.550. The van der Waals surface area contributed by atoms with Gasteiger partial charge >= 0.3 is 5.97 Å². The summed E-state index contributed by atoms with van der Waals surface area (Å²) in [6.07, 6.45) is 3.35. The maximum Gasteiger partial charge on any atom is 0.325 e. The van der Waals surface area contributed by atoms with Gasteiger partial charge < -0.3 is 15.0 Å². The van der Waals surface area contributed by atoms with Gasteiger partial charge in [-0.25, -0.2) is 0 Å². The van der Waals surface area contributed by atoms with Crippen LogP contribution in [0.1, 0.15) is 40.0 Å². The lowest BCUT2D eigenvalue weighted by molar-refractivity contribution is -0.148. The quantitative estimate of drug-likeness (QED) is 0.715. The molecule has 1 aliphatic heterocycles. The van der Waals surface area contributed by atoms with Crippen molar-refractivity contribution in [2.45, 2.75) is 51.6 Å². The van der Waals surface area contributed by atoms with Gasteiger partial charge in [0.15, 0.2) is 0 Å². The third-order valence-corrected chi connectivity index (χ3v) is 3.79. The molecule has 0 aromatic carbocycles. The van der Waals surface area contributed by atoms with Gasteiger partial charge in [-0.1, -0.05) is 6.92 Å². The summed E-state index contributed by atoms with van der Waals surface area (Å²) in [4.78, 5) is 14.3. The first-order valence-corrected chi connectivity index (χ1v) is 6.61. The van der Waals surface area contributed by atoms with Crippen molar-refractivity contribution in [1.29, 1.82) is 0 Å². The number of hydrogen-bond acceptors (Lipinski definition) is 4. The molecule has 1 rings (SSSR count). The Balaban J connectivity index is 2.51. The Bertz CT molecular complexity index is 258. The van der Waals surface area contributed by atoms with Crippen molar-refractivity contribution in [2.24, 2.45) is 0 Å². The first kappa shape index (κ1) is 14.5. The highest BCUT2D eigenvalue weighted by Gasteiger charge is 2.34. The van der Waals surface area contributed by atoms with Crippen LogP contribution in [0, 0.1) is 0 Å². The van der Waals surface area contributed by atoms with Crippen LogP contribution in [0.3, 0.4) is 0 Å². The molecule has 0 amide bonds. The number of carbonyl (C=O) groups excluding carboxylic acids is 1. The van der Waals surface area contributed by atoms with Crippen molar-refractivity contribution >= 4 is 5.97 Å². The van der Waals surface area contributed by atoms with Crippen molar-refractivity contribution in [1.82, 2.24) is 10.2 Å². The molecule has 4 nitrogen and oxygen atoms in total. The van der Waals surface area contributed by atoms with Crippen molar-refractivity contribution in [3.63, 3.8) is 0 Å². The van der Waals surface area contributed by atoms with Crippen LogP contribution in [0.2, 0.25) is 0 Å². The largest absolute Gasteiger partial charge is 0.468 e. The lowest BCUT2D eigenvalue weighted by atomic mass is 9.97. The highest BCUT2D eigenvalue weighted by molar-refractivity contribution is 5.80. The van der Waals surface area contributed by atoms with Gasteiger partial charge in [-0.15, -0.1) is 0 Å². The van der Waals surface area contributed by atoms with Crippen LogP contribution in [-0.2, 0) is 9.53 Å². The zero-order valence-corrected chi connectivity index (χ0v) is 11.6. The molecule has 1 heterocycles. The molecule has 0 aromatic rings. The number of nitrogens with zero attached hydrogens (tertiary/aromatic N) is 1. The lowest BCUT2D eigenvalue weighted by Gasteiger charge is -2.30. The van der Waals surface area contributed by atoms with E-state index < -0.39 is 5.54 Å². The van der Waals surface area contributed by atoms with E-state index in [4.69, 9.17) is 4.74 Å². The minimum atomic E-state index is -0.550. The summed E-state index contributed by atoms with van der Waals surface area (Å²) in [5, 5.41) is 3.25. The third-order valence-electron chi connectivity index (χ3n) is 3.79. The van der Waals surface area contributed by atoms with E-state index in [2.05, 4.69) is 17.1 Å². The number of likely N-dealkylation sites (tertiary alicyclic amines) is 1. The minimum absolute atomic E-state index is 0.161. The number of methoxy groups -OCH3 is 1. The maximum absolute atomic E-state index is 11.8. The van der Waals surface area contributed by atoms with Crippen molar-refractivity contribution in [3.8, 4) is 0 Å². The van der Waals surface area contributed by atoms with Crippen molar-refractivity contribution < 1.29 is 9.53 Å². The van der Waals surface area contributed by atoms with E-state index in [1.807, 2.05) is 13.8 Å². The van der Waals surface area contributed by atoms with Gasteiger partial charge in [-0.05, 0) is 46.2 Å². The van der Waals surface area contributed by atoms with Crippen LogP contribution in [0.5, 0.6) is 0 Å². The summed E-state index contributed by atoms with van der Waals surface area (Å²) >= 11 is 0. The van der Waals surface area contributed by atoms with E-state index >= 15 is 0 Å². The second kappa shape index (κ2) is 6.36. The van der Waals surface area contributed by atoms with Gasteiger partial charge in [0.05, 0.1) is 7.11 Å². The summed E-state index contributed by atoms with van der Waals surface area (Å²) in [5.74, 6) is -0.161. The Morgan fingerprint density at radius 2 is 2.29 bits per heavy atom. The molecule has 0 radical (unpaired) electrons. The second-order valence-corrected chi connectivity index (χ2v) is 5.13. The lowest BCUT2D eigenvalue weighted by Crippen LogP contribution is -2.52. The number of carbonyl (C=O) groups is 1. The topological polar surface area (TPSA) is 41.6 Å². The average Bonchev–Trinajstić information content (AvgIpc) is 2.71. The molecule has 0 spiro atoms. The molecule has 1 fully saturated rings. The van der Waals surface area contributed by atoms with E-state index in [1.165, 1.54) is 20.0 Å². The highest BCUT2D eigenvalue weighted by atomic mass is 16.5. The molecule has 0 aliphatic carbocycles. The fourth-order valence-electron chi connectivity index (χ4n) is 2.57. The van der Waals surface area contributed by atoms with Gasteiger partial charge in [-0.3, -0.25) is 4.79 Å². The smallest absolute Gasteiger partial charge is 0.325 e. The van der Waals surface area contributed by atoms with Crippen LogP contribution >= 0.6 is 0 Å². The predicted octanol–water partition coefficient (Wildman–Crippen LogP) is 1.40. The first-order valence-electron chi connectivity index (χ1n) is 6.61. The number of likely N-dealkylation sites (N-methyl/N-ethyl adjacent to an activating group) is 1. The normalized spacial score (nSPS) is 24.6. The van der Waals surface area contributed by atoms with Crippen LogP contribution in [-0.4, -0.2) is 49.2 Å². The second-order valence-electron chi connectivity index (χ2n) is 5.13. The van der Waals surface area contributed by atoms with E-state index in [0.29, 0.717) is 6.04 Å². The van der Waals surface area contributed by atoms with Crippen LogP contribution in [0.15, 0.2) is 0 Å². The fourth-order valence-corrected chi connectivity index (χ4v) is 2.57. The van der Waals surface area contributed by atoms with E-state index in [9.17, 15) is 4.79 Å². The number of rotatable bonds is 6. The van der Waals surface area contributed by atoms with Crippen LogP contribution in [0.4, 0.5) is 0 Å². The summed E-state index contributed by atoms with van der Waals surface area (Å²) in [7, 11) is 1.45. The first-order chi connectivity index (χ1) is 8.03. The van der Waals surface area contributed by atoms with E-state index in [1.54, 1.807) is 0 Å². The Kier molecular flexibility index (Phi) is 5.40. The van der Waals surface area contributed by atoms with E-state index in [0.717, 1.165) is 26.1 Å². The number of hydrogen-bond donors (Lipinski definition) is 1. The SMILES string of the molecule is CCNC(C)(CCN1CCCC1C)C(=O)OC. The molecule has 2 unspecified atom stereocenters. The molecular formula is C13H26N2O2. The summed E-state index contributed by atoms with van der Waals surface area (Å²) in [6, 6.07) is 0.651. The Morgan fingerprint density at radius 1 is 1.59 bits per heavy atom. The number of esters is 1.